The highest BCUT2D eigenvalue weighted by Gasteiger charge is 2.26. The molecular weight excluding hydrogens is 328 g/mol. The number of amides is 2. The minimum Gasteiger partial charge on any atom is -0.365 e. The van der Waals surface area contributed by atoms with E-state index in [-0.39, 0.29) is 5.91 Å². The summed E-state index contributed by atoms with van der Waals surface area (Å²) in [6, 6.07) is 0. The van der Waals surface area contributed by atoms with Crippen molar-refractivity contribution in [3.8, 4) is 0 Å². The van der Waals surface area contributed by atoms with E-state index in [1.807, 2.05) is 0 Å². The average molecular weight is 345 g/mol. The Morgan fingerprint density at radius 2 is 2.26 bits per heavy atom. The molecular formula is C13H17BrN2O2S. The summed E-state index contributed by atoms with van der Waals surface area (Å²) >= 11 is 4.73. The SMILES string of the molecule is CC1CCc2c(sc(NC(=O)CCBr)c2C(N)=O)C1. The van der Waals surface area contributed by atoms with Crippen LogP contribution in [0.2, 0.25) is 0 Å². The summed E-state index contributed by atoms with van der Waals surface area (Å²) in [5.41, 5.74) is 7.04. The molecule has 0 radical (unpaired) electrons. The standard InChI is InChI=1S/C13H17BrN2O2S/c1-7-2-3-8-9(6-7)19-13(11(8)12(15)18)16-10(17)4-5-14/h7H,2-6H2,1H3,(H2,15,18)(H,16,17). The molecule has 0 saturated carbocycles. The lowest BCUT2D eigenvalue weighted by atomic mass is 9.88. The number of carbonyl (C=O) groups is 2. The molecule has 0 aliphatic heterocycles. The van der Waals surface area contributed by atoms with Crippen LogP contribution < -0.4 is 11.1 Å². The van der Waals surface area contributed by atoms with Gasteiger partial charge >= 0.3 is 0 Å². The number of nitrogens with two attached hydrogens (primary N) is 1. The lowest BCUT2D eigenvalue weighted by Gasteiger charge is -2.18. The molecule has 4 nitrogen and oxygen atoms in total. The van der Waals surface area contributed by atoms with Gasteiger partial charge in [-0.25, -0.2) is 0 Å². The number of hydrogen-bond acceptors (Lipinski definition) is 3. The van der Waals surface area contributed by atoms with Crippen molar-refractivity contribution in [2.24, 2.45) is 11.7 Å². The summed E-state index contributed by atoms with van der Waals surface area (Å²) in [5.74, 6) is 0.0881. The van der Waals surface area contributed by atoms with Gasteiger partial charge in [-0.05, 0) is 30.7 Å². The molecule has 104 valence electrons. The normalized spacial score (nSPS) is 17.9. The third-order valence-corrected chi connectivity index (χ3v) is 4.90. The van der Waals surface area contributed by atoms with E-state index in [9.17, 15) is 9.59 Å². The number of fused-ring (bicyclic) bond motifs is 1. The quantitative estimate of drug-likeness (QED) is 0.824. The first kappa shape index (κ1) is 14.5. The predicted molar refractivity (Wildman–Crippen MR) is 81.1 cm³/mol. The van der Waals surface area contributed by atoms with E-state index in [2.05, 4.69) is 28.2 Å². The molecule has 0 bridgehead atoms. The first-order valence-corrected chi connectivity index (χ1v) is 8.26. The van der Waals surface area contributed by atoms with Crippen molar-refractivity contribution >= 4 is 44.1 Å². The van der Waals surface area contributed by atoms with Gasteiger partial charge in [0.1, 0.15) is 5.00 Å². The number of primary amides is 1. The van der Waals surface area contributed by atoms with Crippen LogP contribution in [-0.2, 0) is 17.6 Å². The van der Waals surface area contributed by atoms with Crippen LogP contribution in [0.5, 0.6) is 0 Å². The fourth-order valence-corrected chi connectivity index (χ4v) is 4.17. The fourth-order valence-electron chi connectivity index (χ4n) is 2.37. The molecule has 1 aliphatic carbocycles. The van der Waals surface area contributed by atoms with Crippen molar-refractivity contribution in [1.29, 1.82) is 0 Å². The summed E-state index contributed by atoms with van der Waals surface area (Å²) < 4.78 is 0. The average Bonchev–Trinajstić information content (AvgIpc) is 2.65. The van der Waals surface area contributed by atoms with Crippen LogP contribution in [0.25, 0.3) is 0 Å². The van der Waals surface area contributed by atoms with Gasteiger partial charge in [0.15, 0.2) is 0 Å². The van der Waals surface area contributed by atoms with Gasteiger partial charge in [-0.15, -0.1) is 11.3 Å². The largest absolute Gasteiger partial charge is 0.365 e. The summed E-state index contributed by atoms with van der Waals surface area (Å²) in [7, 11) is 0. The lowest BCUT2D eigenvalue weighted by molar-refractivity contribution is -0.115. The maximum Gasteiger partial charge on any atom is 0.251 e. The van der Waals surface area contributed by atoms with Gasteiger partial charge in [-0.2, -0.15) is 0 Å². The second-order valence-electron chi connectivity index (χ2n) is 4.91. The van der Waals surface area contributed by atoms with E-state index in [0.29, 0.717) is 28.2 Å². The van der Waals surface area contributed by atoms with Crippen molar-refractivity contribution in [3.63, 3.8) is 0 Å². The number of rotatable bonds is 4. The molecule has 3 N–H and O–H groups in total. The molecule has 0 aromatic carbocycles. The van der Waals surface area contributed by atoms with Crippen molar-refractivity contribution < 1.29 is 9.59 Å². The molecule has 2 rings (SSSR count). The number of halogens is 1. The predicted octanol–water partition coefficient (Wildman–Crippen LogP) is 2.70. The molecule has 0 fully saturated rings. The van der Waals surface area contributed by atoms with E-state index >= 15 is 0 Å². The summed E-state index contributed by atoms with van der Waals surface area (Å²) in [6.45, 7) is 2.20. The van der Waals surface area contributed by atoms with Crippen LogP contribution in [0.15, 0.2) is 0 Å². The second-order valence-corrected chi connectivity index (χ2v) is 6.81. The number of thiophene rings is 1. The molecule has 1 atom stereocenters. The fraction of sp³-hybridized carbons (Fsp3) is 0.538. The first-order valence-electron chi connectivity index (χ1n) is 6.33. The Labute approximate surface area is 124 Å². The summed E-state index contributed by atoms with van der Waals surface area (Å²) in [4.78, 5) is 24.5. The van der Waals surface area contributed by atoms with Crippen molar-refractivity contribution in [3.05, 3.63) is 16.0 Å². The Morgan fingerprint density at radius 3 is 2.89 bits per heavy atom. The first-order chi connectivity index (χ1) is 9.02. The summed E-state index contributed by atoms with van der Waals surface area (Å²) in [6.07, 6.45) is 3.30. The Bertz CT molecular complexity index is 513. The Morgan fingerprint density at radius 1 is 1.53 bits per heavy atom. The van der Waals surface area contributed by atoms with Crippen molar-refractivity contribution in [1.82, 2.24) is 0 Å². The van der Waals surface area contributed by atoms with Crippen LogP contribution in [0, 0.1) is 5.92 Å². The highest BCUT2D eigenvalue weighted by molar-refractivity contribution is 9.09. The molecule has 19 heavy (non-hydrogen) atoms. The summed E-state index contributed by atoms with van der Waals surface area (Å²) in [5, 5.41) is 4.04. The van der Waals surface area contributed by atoms with Crippen LogP contribution in [0.3, 0.4) is 0 Å². The number of carbonyl (C=O) groups excluding carboxylic acids is 2. The van der Waals surface area contributed by atoms with E-state index in [1.165, 1.54) is 16.2 Å². The van der Waals surface area contributed by atoms with Crippen LogP contribution in [0.4, 0.5) is 5.00 Å². The minimum atomic E-state index is -0.443. The van der Waals surface area contributed by atoms with Gasteiger partial charge in [-0.1, -0.05) is 22.9 Å². The van der Waals surface area contributed by atoms with Crippen LogP contribution in [0.1, 0.15) is 40.6 Å². The molecule has 6 heteroatoms. The maximum atomic E-state index is 11.7. The monoisotopic (exact) mass is 344 g/mol. The van der Waals surface area contributed by atoms with Crippen LogP contribution in [-0.4, -0.2) is 17.1 Å². The third kappa shape index (κ3) is 3.17. The highest BCUT2D eigenvalue weighted by Crippen LogP contribution is 2.39. The number of alkyl halides is 1. The molecule has 2 amide bonds. The molecule has 1 heterocycles. The van der Waals surface area contributed by atoms with Gasteiger partial charge in [0.25, 0.3) is 5.91 Å². The van der Waals surface area contributed by atoms with Gasteiger partial charge < -0.3 is 11.1 Å². The van der Waals surface area contributed by atoms with Crippen molar-refractivity contribution in [2.45, 2.75) is 32.6 Å². The Hall–Kier alpha value is -0.880. The Balaban J connectivity index is 2.32. The smallest absolute Gasteiger partial charge is 0.251 e. The zero-order valence-electron chi connectivity index (χ0n) is 10.8. The zero-order valence-corrected chi connectivity index (χ0v) is 13.2. The van der Waals surface area contributed by atoms with Gasteiger partial charge in [0, 0.05) is 16.6 Å². The molecule has 1 unspecified atom stereocenters. The van der Waals surface area contributed by atoms with Crippen LogP contribution >= 0.6 is 27.3 Å². The van der Waals surface area contributed by atoms with E-state index in [1.54, 1.807) is 0 Å². The molecule has 1 aromatic rings. The van der Waals surface area contributed by atoms with Gasteiger partial charge in [-0.3, -0.25) is 9.59 Å². The van der Waals surface area contributed by atoms with E-state index in [4.69, 9.17) is 5.73 Å². The molecule has 0 saturated heterocycles. The van der Waals surface area contributed by atoms with Gasteiger partial charge in [0.05, 0.1) is 5.56 Å². The molecule has 0 spiro atoms. The molecule has 1 aromatic heterocycles. The lowest BCUT2D eigenvalue weighted by Crippen LogP contribution is -2.19. The second kappa shape index (κ2) is 6.05. The Kier molecular flexibility index (Phi) is 4.62. The highest BCUT2D eigenvalue weighted by atomic mass is 79.9. The van der Waals surface area contributed by atoms with Gasteiger partial charge in [0.2, 0.25) is 5.91 Å². The van der Waals surface area contributed by atoms with Crippen molar-refractivity contribution in [2.75, 3.05) is 10.6 Å². The topological polar surface area (TPSA) is 72.2 Å². The zero-order chi connectivity index (χ0) is 14.0. The maximum absolute atomic E-state index is 11.7. The van der Waals surface area contributed by atoms with E-state index in [0.717, 1.165) is 24.8 Å². The number of anilines is 1. The minimum absolute atomic E-state index is 0.0916. The van der Waals surface area contributed by atoms with E-state index < -0.39 is 5.91 Å². The number of hydrogen-bond donors (Lipinski definition) is 2. The number of nitrogens with one attached hydrogen (secondary N) is 1. The third-order valence-electron chi connectivity index (χ3n) is 3.33. The molecule has 1 aliphatic rings.